The van der Waals surface area contributed by atoms with Crippen molar-refractivity contribution < 1.29 is 19.9 Å². The van der Waals surface area contributed by atoms with Gasteiger partial charge in [-0.25, -0.2) is 0 Å². The molecular weight excluding hydrogens is 176 g/mol. The Morgan fingerprint density at radius 1 is 1.62 bits per heavy atom. The van der Waals surface area contributed by atoms with Crippen molar-refractivity contribution in [3.63, 3.8) is 0 Å². The molecule has 0 aromatic heterocycles. The third-order valence-corrected chi connectivity index (χ3v) is 1.38. The van der Waals surface area contributed by atoms with E-state index in [4.69, 9.17) is 10.4 Å². The van der Waals surface area contributed by atoms with Crippen LogP contribution in [0.1, 0.15) is 13.3 Å². The molecule has 0 aliphatic heterocycles. The zero-order chi connectivity index (χ0) is 10.3. The van der Waals surface area contributed by atoms with Crippen LogP contribution in [-0.2, 0) is 9.53 Å². The lowest BCUT2D eigenvalue weighted by Crippen LogP contribution is -2.27. The Morgan fingerprint density at radius 3 is 2.69 bits per heavy atom. The van der Waals surface area contributed by atoms with E-state index >= 15 is 0 Å². The SMILES string of the molecule is COC(=O)CCN(O)C/C(C)=N/O. The number of hydrogen-bond donors (Lipinski definition) is 2. The van der Waals surface area contributed by atoms with Gasteiger partial charge in [-0.15, -0.1) is 0 Å². The summed E-state index contributed by atoms with van der Waals surface area (Å²) in [6.45, 7) is 1.81. The number of oxime groups is 1. The number of carbonyl (C=O) groups is 1. The first-order valence-electron chi connectivity index (χ1n) is 3.78. The minimum atomic E-state index is -0.391. The van der Waals surface area contributed by atoms with Crippen LogP contribution in [0, 0.1) is 0 Å². The molecule has 0 atom stereocenters. The van der Waals surface area contributed by atoms with Crippen LogP contribution in [0.15, 0.2) is 5.16 Å². The van der Waals surface area contributed by atoms with Crippen molar-refractivity contribution in [3.05, 3.63) is 0 Å². The van der Waals surface area contributed by atoms with Crippen LogP contribution in [0.4, 0.5) is 0 Å². The largest absolute Gasteiger partial charge is 0.469 e. The molecule has 0 aromatic carbocycles. The van der Waals surface area contributed by atoms with Crippen molar-refractivity contribution in [1.29, 1.82) is 0 Å². The third kappa shape index (κ3) is 6.06. The third-order valence-electron chi connectivity index (χ3n) is 1.38. The molecule has 0 heterocycles. The number of hydrogen-bond acceptors (Lipinski definition) is 6. The first-order chi connectivity index (χ1) is 6.10. The van der Waals surface area contributed by atoms with Crippen molar-refractivity contribution in [1.82, 2.24) is 5.06 Å². The molecule has 0 spiro atoms. The quantitative estimate of drug-likeness (QED) is 0.278. The first kappa shape index (κ1) is 11.9. The van der Waals surface area contributed by atoms with Crippen molar-refractivity contribution in [2.75, 3.05) is 20.2 Å². The molecule has 0 amide bonds. The maximum Gasteiger partial charge on any atom is 0.306 e. The van der Waals surface area contributed by atoms with E-state index in [0.29, 0.717) is 5.71 Å². The number of hydroxylamine groups is 2. The number of carbonyl (C=O) groups excluding carboxylic acids is 1. The van der Waals surface area contributed by atoms with E-state index in [9.17, 15) is 4.79 Å². The van der Waals surface area contributed by atoms with Gasteiger partial charge in [-0.3, -0.25) is 4.79 Å². The molecule has 0 aliphatic rings. The number of ether oxygens (including phenoxy) is 1. The van der Waals surface area contributed by atoms with Crippen molar-refractivity contribution in [3.8, 4) is 0 Å². The fraction of sp³-hybridized carbons (Fsp3) is 0.714. The van der Waals surface area contributed by atoms with Gasteiger partial charge in [0.05, 0.1) is 25.8 Å². The topological polar surface area (TPSA) is 82.4 Å². The van der Waals surface area contributed by atoms with E-state index in [1.54, 1.807) is 6.92 Å². The molecule has 6 heteroatoms. The minimum Gasteiger partial charge on any atom is -0.469 e. The molecular formula is C7H14N2O4. The summed E-state index contributed by atoms with van der Waals surface area (Å²) < 4.78 is 4.38. The highest BCUT2D eigenvalue weighted by Crippen LogP contribution is 1.90. The molecule has 0 aromatic rings. The van der Waals surface area contributed by atoms with Gasteiger partial charge in [-0.1, -0.05) is 5.16 Å². The monoisotopic (exact) mass is 190 g/mol. The maximum absolute atomic E-state index is 10.6. The highest BCUT2D eigenvalue weighted by Gasteiger charge is 2.06. The average Bonchev–Trinajstić information content (AvgIpc) is 2.13. The van der Waals surface area contributed by atoms with Crippen molar-refractivity contribution in [2.45, 2.75) is 13.3 Å². The highest BCUT2D eigenvalue weighted by molar-refractivity contribution is 5.83. The molecule has 76 valence electrons. The molecule has 0 bridgehead atoms. The molecule has 0 saturated carbocycles. The molecule has 0 fully saturated rings. The Bertz CT molecular complexity index is 193. The van der Waals surface area contributed by atoms with Gasteiger partial charge in [-0.05, 0) is 6.92 Å². The second-order valence-electron chi connectivity index (χ2n) is 2.55. The Kier molecular flexibility index (Phi) is 5.82. The number of esters is 1. The van der Waals surface area contributed by atoms with E-state index < -0.39 is 5.97 Å². The van der Waals surface area contributed by atoms with Crippen molar-refractivity contribution in [2.24, 2.45) is 5.16 Å². The first-order valence-corrected chi connectivity index (χ1v) is 3.78. The van der Waals surface area contributed by atoms with Crippen LogP contribution in [0.3, 0.4) is 0 Å². The lowest BCUT2D eigenvalue weighted by atomic mass is 10.4. The summed E-state index contributed by atoms with van der Waals surface area (Å²) in [5.74, 6) is -0.391. The average molecular weight is 190 g/mol. The smallest absolute Gasteiger partial charge is 0.306 e. The Hall–Kier alpha value is -1.14. The van der Waals surface area contributed by atoms with Gasteiger partial charge < -0.3 is 15.2 Å². The summed E-state index contributed by atoms with van der Waals surface area (Å²) in [4.78, 5) is 10.6. The molecule has 13 heavy (non-hydrogen) atoms. The van der Waals surface area contributed by atoms with Gasteiger partial charge in [-0.2, -0.15) is 5.06 Å². The zero-order valence-corrected chi connectivity index (χ0v) is 7.73. The summed E-state index contributed by atoms with van der Waals surface area (Å²) in [5.41, 5.74) is 0.368. The lowest BCUT2D eigenvalue weighted by molar-refractivity contribution is -0.144. The van der Waals surface area contributed by atoms with Crippen LogP contribution in [0.5, 0.6) is 0 Å². The van der Waals surface area contributed by atoms with E-state index in [-0.39, 0.29) is 19.5 Å². The van der Waals surface area contributed by atoms with Gasteiger partial charge in [0.2, 0.25) is 0 Å². The van der Waals surface area contributed by atoms with E-state index in [2.05, 4.69) is 9.89 Å². The van der Waals surface area contributed by atoms with Crippen LogP contribution in [-0.4, -0.2) is 47.4 Å². The Balaban J connectivity index is 3.63. The lowest BCUT2D eigenvalue weighted by Gasteiger charge is -2.12. The van der Waals surface area contributed by atoms with Crippen molar-refractivity contribution >= 4 is 11.7 Å². The van der Waals surface area contributed by atoms with E-state index in [1.165, 1.54) is 7.11 Å². The number of methoxy groups -OCH3 is 1. The predicted molar refractivity (Wildman–Crippen MR) is 44.9 cm³/mol. The van der Waals surface area contributed by atoms with Gasteiger partial charge in [0.15, 0.2) is 0 Å². The summed E-state index contributed by atoms with van der Waals surface area (Å²) >= 11 is 0. The maximum atomic E-state index is 10.6. The minimum absolute atomic E-state index is 0.103. The molecule has 6 nitrogen and oxygen atoms in total. The number of nitrogens with zero attached hydrogens (tertiary/aromatic N) is 2. The van der Waals surface area contributed by atoms with E-state index in [1.807, 2.05) is 0 Å². The highest BCUT2D eigenvalue weighted by atomic mass is 16.5. The summed E-state index contributed by atoms with van der Waals surface area (Å²) in [6, 6.07) is 0. The van der Waals surface area contributed by atoms with Gasteiger partial charge in [0.25, 0.3) is 0 Å². The molecule has 0 rings (SSSR count). The Labute approximate surface area is 76.4 Å². The summed E-state index contributed by atoms with van der Waals surface area (Å²) in [7, 11) is 1.28. The normalized spacial score (nSPS) is 11.8. The van der Waals surface area contributed by atoms with Crippen LogP contribution in [0.25, 0.3) is 0 Å². The second kappa shape index (κ2) is 6.38. The second-order valence-corrected chi connectivity index (χ2v) is 2.55. The molecule has 0 aliphatic carbocycles. The van der Waals surface area contributed by atoms with E-state index in [0.717, 1.165) is 5.06 Å². The standard InChI is InChI=1S/C7H14N2O4/c1-6(8-11)5-9(12)4-3-7(10)13-2/h11-12H,3-5H2,1-2H3/b8-6+. The predicted octanol–water partition coefficient (Wildman–Crippen LogP) is 0.0908. The van der Waals surface area contributed by atoms with Crippen LogP contribution < -0.4 is 0 Å². The molecule has 0 unspecified atom stereocenters. The fourth-order valence-electron chi connectivity index (χ4n) is 0.697. The van der Waals surface area contributed by atoms with Gasteiger partial charge >= 0.3 is 5.97 Å². The summed E-state index contributed by atoms with van der Waals surface area (Å²) in [5, 5.41) is 21.1. The van der Waals surface area contributed by atoms with Crippen LogP contribution in [0.2, 0.25) is 0 Å². The van der Waals surface area contributed by atoms with Gasteiger partial charge in [0, 0.05) is 6.54 Å². The molecule has 2 N–H and O–H groups in total. The molecule has 0 saturated heterocycles. The fourth-order valence-corrected chi connectivity index (χ4v) is 0.697. The molecule has 0 radical (unpaired) electrons. The number of rotatable bonds is 5. The summed E-state index contributed by atoms with van der Waals surface area (Å²) in [6.07, 6.45) is 0.103. The van der Waals surface area contributed by atoms with Gasteiger partial charge in [0.1, 0.15) is 0 Å². The van der Waals surface area contributed by atoms with Crippen LogP contribution >= 0.6 is 0 Å². The zero-order valence-electron chi connectivity index (χ0n) is 7.73. The Morgan fingerprint density at radius 2 is 2.23 bits per heavy atom.